The van der Waals surface area contributed by atoms with Crippen molar-refractivity contribution >= 4 is 5.97 Å². The Morgan fingerprint density at radius 1 is 0.895 bits per heavy atom. The van der Waals surface area contributed by atoms with Crippen LogP contribution in [0.3, 0.4) is 0 Å². The number of aliphatic carboxylic acids is 1. The number of nitrogens with one attached hydrogen (secondary N) is 1. The van der Waals surface area contributed by atoms with Gasteiger partial charge in [-0.05, 0) is 40.3 Å². The summed E-state index contributed by atoms with van der Waals surface area (Å²) in [5, 5.41) is 28.3. The fourth-order valence-corrected chi connectivity index (χ4v) is 4.39. The number of carboxylic acids is 1. The van der Waals surface area contributed by atoms with Crippen molar-refractivity contribution in [2.24, 2.45) is 0 Å². The van der Waals surface area contributed by atoms with Crippen molar-refractivity contribution in [3.63, 3.8) is 0 Å². The van der Waals surface area contributed by atoms with E-state index in [0.29, 0.717) is 18.8 Å². The molecule has 0 fully saturated rings. The van der Waals surface area contributed by atoms with E-state index in [9.17, 15) is 4.79 Å². The molecule has 2 aromatic heterocycles. The molecule has 5 rings (SSSR count). The van der Waals surface area contributed by atoms with Crippen LogP contribution in [0.15, 0.2) is 72.8 Å². The number of carbonyl (C=O) groups is 1. The van der Waals surface area contributed by atoms with E-state index in [1.165, 1.54) is 0 Å². The van der Waals surface area contributed by atoms with Crippen molar-refractivity contribution in [1.29, 1.82) is 0 Å². The lowest BCUT2D eigenvalue weighted by Crippen LogP contribution is -2.05. The second-order valence-electron chi connectivity index (χ2n) is 9.18. The number of unbranched alkanes of at least 4 members (excludes halogenated alkanes) is 1. The van der Waals surface area contributed by atoms with Crippen LogP contribution < -0.4 is 0 Å². The first kappa shape index (κ1) is 25.0. The van der Waals surface area contributed by atoms with Gasteiger partial charge in [-0.25, -0.2) is 9.67 Å². The Hall–Kier alpha value is -4.66. The number of aromatic nitrogens is 7. The molecule has 0 aliphatic heterocycles. The zero-order valence-electron chi connectivity index (χ0n) is 21.2. The van der Waals surface area contributed by atoms with Crippen molar-refractivity contribution in [2.75, 3.05) is 0 Å². The summed E-state index contributed by atoms with van der Waals surface area (Å²) in [6, 6.07) is 24.3. The number of hydrogen-bond donors (Lipinski definition) is 2. The van der Waals surface area contributed by atoms with Crippen LogP contribution >= 0.6 is 0 Å². The lowest BCUT2D eigenvalue weighted by molar-refractivity contribution is -0.136. The Morgan fingerprint density at radius 3 is 2.29 bits per heavy atom. The molecule has 3 aromatic carbocycles. The van der Waals surface area contributed by atoms with Gasteiger partial charge in [0.2, 0.25) is 5.82 Å². The van der Waals surface area contributed by atoms with Gasteiger partial charge >= 0.3 is 5.97 Å². The summed E-state index contributed by atoms with van der Waals surface area (Å²) in [7, 11) is 0. The molecule has 0 atom stereocenters. The molecule has 0 unspecified atom stereocenters. The molecule has 9 heteroatoms. The maximum absolute atomic E-state index is 10.9. The molecule has 0 saturated heterocycles. The Bertz CT molecular complexity index is 1490. The highest BCUT2D eigenvalue weighted by atomic mass is 16.4. The topological polar surface area (TPSA) is 122 Å². The van der Waals surface area contributed by atoms with E-state index in [0.717, 1.165) is 64.3 Å². The maximum atomic E-state index is 10.9. The molecule has 2 N–H and O–H groups in total. The van der Waals surface area contributed by atoms with Crippen LogP contribution in [0.4, 0.5) is 0 Å². The van der Waals surface area contributed by atoms with Gasteiger partial charge in [-0.3, -0.25) is 4.79 Å². The van der Waals surface area contributed by atoms with Crippen LogP contribution in [0.25, 0.3) is 33.9 Å². The number of tetrazole rings is 1. The summed E-state index contributed by atoms with van der Waals surface area (Å²) in [6.45, 7) is 2.74. The number of aryl methyl sites for hydroxylation is 2. The Balaban J connectivity index is 1.40. The Labute approximate surface area is 220 Å². The maximum Gasteiger partial charge on any atom is 0.303 e. The van der Waals surface area contributed by atoms with Crippen LogP contribution in [0.1, 0.15) is 43.1 Å². The zero-order chi connectivity index (χ0) is 26.3. The fourth-order valence-electron chi connectivity index (χ4n) is 4.39. The molecule has 0 saturated carbocycles. The molecule has 0 aliphatic rings. The lowest BCUT2D eigenvalue weighted by Gasteiger charge is -2.10. The molecule has 0 bridgehead atoms. The van der Waals surface area contributed by atoms with E-state index < -0.39 is 5.97 Å². The molecule has 9 nitrogen and oxygen atoms in total. The minimum atomic E-state index is -0.793. The van der Waals surface area contributed by atoms with E-state index in [-0.39, 0.29) is 6.42 Å². The van der Waals surface area contributed by atoms with Gasteiger partial charge in [0.15, 0.2) is 11.6 Å². The Kier molecular flexibility index (Phi) is 7.63. The molecule has 2 heterocycles. The van der Waals surface area contributed by atoms with Crippen LogP contribution in [0.5, 0.6) is 0 Å². The lowest BCUT2D eigenvalue weighted by atomic mass is 9.98. The average molecular weight is 508 g/mol. The van der Waals surface area contributed by atoms with Gasteiger partial charge in [-0.15, -0.1) is 10.2 Å². The third-order valence-corrected chi connectivity index (χ3v) is 6.42. The van der Waals surface area contributed by atoms with E-state index in [1.54, 1.807) is 0 Å². The number of rotatable bonds is 11. The summed E-state index contributed by atoms with van der Waals surface area (Å²) < 4.78 is 1.96. The molecular weight excluding hydrogens is 478 g/mol. The molecule has 5 aromatic rings. The second-order valence-corrected chi connectivity index (χ2v) is 9.18. The van der Waals surface area contributed by atoms with Crippen molar-refractivity contribution in [3.05, 3.63) is 89.7 Å². The molecule has 0 radical (unpaired) electrons. The van der Waals surface area contributed by atoms with Crippen LogP contribution in [0, 0.1) is 0 Å². The number of nitrogens with zero attached hydrogens (tertiary/aromatic N) is 6. The molecule has 38 heavy (non-hydrogen) atoms. The van der Waals surface area contributed by atoms with Gasteiger partial charge in [0.25, 0.3) is 0 Å². The number of benzene rings is 3. The summed E-state index contributed by atoms with van der Waals surface area (Å²) in [4.78, 5) is 15.8. The SMILES string of the molecule is CCCCc1nc(-c2ccc(CCC(=O)O)cc2)n(Cc2ccc(-c3ccccc3-c3nn[nH]n3)cc2)n1. The zero-order valence-corrected chi connectivity index (χ0v) is 21.2. The van der Waals surface area contributed by atoms with Gasteiger partial charge in [0.1, 0.15) is 0 Å². The first-order valence-electron chi connectivity index (χ1n) is 12.8. The Morgan fingerprint density at radius 2 is 1.61 bits per heavy atom. The predicted molar refractivity (Wildman–Crippen MR) is 144 cm³/mol. The first-order valence-corrected chi connectivity index (χ1v) is 12.8. The summed E-state index contributed by atoms with van der Waals surface area (Å²) in [5.41, 5.74) is 6.08. The molecular formula is C29H29N7O2. The second kappa shape index (κ2) is 11.6. The smallest absolute Gasteiger partial charge is 0.303 e. The highest BCUT2D eigenvalue weighted by Crippen LogP contribution is 2.30. The molecule has 0 spiro atoms. The van der Waals surface area contributed by atoms with Crippen molar-refractivity contribution in [3.8, 4) is 33.9 Å². The van der Waals surface area contributed by atoms with Crippen LogP contribution in [0.2, 0.25) is 0 Å². The van der Waals surface area contributed by atoms with Crippen molar-refractivity contribution in [1.82, 2.24) is 35.4 Å². The van der Waals surface area contributed by atoms with Crippen LogP contribution in [-0.4, -0.2) is 46.5 Å². The highest BCUT2D eigenvalue weighted by molar-refractivity contribution is 5.80. The summed E-state index contributed by atoms with van der Waals surface area (Å²) in [5.74, 6) is 1.42. The normalized spacial score (nSPS) is 11.1. The number of H-pyrrole nitrogens is 1. The van der Waals surface area contributed by atoms with Crippen LogP contribution in [-0.2, 0) is 24.2 Å². The summed E-state index contributed by atoms with van der Waals surface area (Å²) in [6.07, 6.45) is 3.57. The highest BCUT2D eigenvalue weighted by Gasteiger charge is 2.14. The monoisotopic (exact) mass is 507 g/mol. The predicted octanol–water partition coefficient (Wildman–Crippen LogP) is 5.20. The fraction of sp³-hybridized carbons (Fsp3) is 0.241. The van der Waals surface area contributed by atoms with Crippen molar-refractivity contribution in [2.45, 2.75) is 45.6 Å². The quantitative estimate of drug-likeness (QED) is 0.252. The summed E-state index contributed by atoms with van der Waals surface area (Å²) >= 11 is 0. The minimum absolute atomic E-state index is 0.117. The third-order valence-electron chi connectivity index (χ3n) is 6.42. The standard InChI is InChI=1S/C29H29N7O2/c1-2-3-8-26-30-29(23-16-9-20(10-17-23)13-18-27(37)38)36(33-26)19-21-11-14-22(15-12-21)24-6-4-5-7-25(24)28-31-34-35-32-28/h4-7,9-12,14-17H,2-3,8,13,18-19H2,1H3,(H,37,38)(H,31,32,34,35). The third kappa shape index (κ3) is 5.83. The van der Waals surface area contributed by atoms with E-state index in [1.807, 2.05) is 47.1 Å². The molecule has 0 amide bonds. The van der Waals surface area contributed by atoms with E-state index in [2.05, 4.69) is 57.9 Å². The largest absolute Gasteiger partial charge is 0.481 e. The van der Waals surface area contributed by atoms with Gasteiger partial charge < -0.3 is 5.11 Å². The first-order chi connectivity index (χ1) is 18.6. The van der Waals surface area contributed by atoms with Gasteiger partial charge in [-0.1, -0.05) is 86.1 Å². The van der Waals surface area contributed by atoms with Gasteiger partial charge in [0.05, 0.1) is 6.54 Å². The number of carboxylic acid groups (broad SMARTS) is 1. The van der Waals surface area contributed by atoms with E-state index in [4.69, 9.17) is 15.2 Å². The number of hydrogen-bond acceptors (Lipinski definition) is 6. The van der Waals surface area contributed by atoms with Gasteiger partial charge in [-0.2, -0.15) is 10.3 Å². The molecule has 0 aliphatic carbocycles. The minimum Gasteiger partial charge on any atom is -0.481 e. The van der Waals surface area contributed by atoms with Crippen molar-refractivity contribution < 1.29 is 9.90 Å². The van der Waals surface area contributed by atoms with Gasteiger partial charge in [0, 0.05) is 24.0 Å². The molecule has 192 valence electrons. The average Bonchev–Trinajstić information content (AvgIpc) is 3.62. The number of aromatic amines is 1. The van der Waals surface area contributed by atoms with E-state index >= 15 is 0 Å².